The number of aromatic amines is 1. The first kappa shape index (κ1) is 22.6. The molecule has 3 aromatic heterocycles. The van der Waals surface area contributed by atoms with Crippen molar-refractivity contribution in [3.05, 3.63) is 70.4 Å². The van der Waals surface area contributed by atoms with Crippen LogP contribution in [0, 0.1) is 0 Å². The van der Waals surface area contributed by atoms with Gasteiger partial charge in [0.15, 0.2) is 0 Å². The number of aromatic nitrogens is 4. The zero-order valence-corrected chi connectivity index (χ0v) is 20.1. The number of likely N-dealkylation sites (tertiary alicyclic amines) is 1. The van der Waals surface area contributed by atoms with Crippen LogP contribution in [0.2, 0.25) is 0 Å². The van der Waals surface area contributed by atoms with Gasteiger partial charge in [0.1, 0.15) is 5.82 Å². The molecule has 4 aromatic rings. The van der Waals surface area contributed by atoms with Gasteiger partial charge in [-0.25, -0.2) is 18.7 Å². The summed E-state index contributed by atoms with van der Waals surface area (Å²) in [5.74, 6) is -1.82. The number of hydrogen-bond acceptors (Lipinski definition) is 7. The fourth-order valence-corrected chi connectivity index (χ4v) is 5.72. The summed E-state index contributed by atoms with van der Waals surface area (Å²) >= 11 is 1.38. The van der Waals surface area contributed by atoms with Crippen LogP contribution in [0.4, 0.5) is 26.2 Å². The normalized spacial score (nSPS) is 16.7. The molecule has 2 aliphatic rings. The summed E-state index contributed by atoms with van der Waals surface area (Å²) < 4.78 is 27.1. The van der Waals surface area contributed by atoms with Gasteiger partial charge in [-0.3, -0.25) is 4.79 Å². The molecule has 6 rings (SSSR count). The summed E-state index contributed by atoms with van der Waals surface area (Å²) in [6.45, 7) is 0.882. The fourth-order valence-electron chi connectivity index (χ4n) is 4.53. The largest absolute Gasteiger partial charge is 0.345 e. The zero-order valence-electron chi connectivity index (χ0n) is 19.2. The van der Waals surface area contributed by atoms with Crippen molar-refractivity contribution in [2.75, 3.05) is 29.9 Å². The summed E-state index contributed by atoms with van der Waals surface area (Å²) in [5.41, 5.74) is 3.99. The van der Waals surface area contributed by atoms with Crippen LogP contribution < -0.4 is 10.2 Å². The number of nitrogens with one attached hydrogen (secondary N) is 2. The first-order valence-corrected chi connectivity index (χ1v) is 12.5. The van der Waals surface area contributed by atoms with E-state index in [9.17, 15) is 13.6 Å². The van der Waals surface area contributed by atoms with Gasteiger partial charge in [0.2, 0.25) is 5.95 Å². The molecule has 0 spiro atoms. The highest BCUT2D eigenvalue weighted by molar-refractivity contribution is 7.14. The lowest BCUT2D eigenvalue weighted by atomic mass is 10.1. The average molecular weight is 508 g/mol. The number of halogens is 2. The number of rotatable bonds is 5. The lowest BCUT2D eigenvalue weighted by molar-refractivity contribution is 0.0121. The molecule has 1 amide bonds. The van der Waals surface area contributed by atoms with E-state index in [4.69, 9.17) is 4.98 Å². The van der Waals surface area contributed by atoms with Gasteiger partial charge >= 0.3 is 0 Å². The Morgan fingerprint density at radius 2 is 2.03 bits per heavy atom. The number of benzene rings is 1. The summed E-state index contributed by atoms with van der Waals surface area (Å²) in [6.07, 6.45) is 5.62. The van der Waals surface area contributed by atoms with E-state index in [2.05, 4.69) is 25.2 Å². The van der Waals surface area contributed by atoms with E-state index in [1.54, 1.807) is 18.7 Å². The van der Waals surface area contributed by atoms with Gasteiger partial charge in [-0.1, -0.05) is 12.1 Å². The van der Waals surface area contributed by atoms with Crippen LogP contribution in [-0.4, -0.2) is 56.3 Å². The number of thiophene rings is 1. The van der Waals surface area contributed by atoms with Crippen LogP contribution >= 0.6 is 11.3 Å². The third-order valence-corrected chi connectivity index (χ3v) is 7.59. The molecule has 0 atom stereocenters. The lowest BCUT2D eigenvalue weighted by Crippen LogP contribution is -2.30. The van der Waals surface area contributed by atoms with E-state index in [0.29, 0.717) is 29.7 Å². The highest BCUT2D eigenvalue weighted by Gasteiger charge is 2.41. The Labute approximate surface area is 210 Å². The predicted molar refractivity (Wildman–Crippen MR) is 134 cm³/mol. The van der Waals surface area contributed by atoms with E-state index < -0.39 is 12.5 Å². The maximum atomic E-state index is 13.6. The zero-order chi connectivity index (χ0) is 24.7. The fraction of sp³-hybridized carbons (Fsp3) is 0.280. The molecule has 8 nitrogen and oxygen atoms in total. The van der Waals surface area contributed by atoms with Crippen LogP contribution in [-0.2, 0) is 13.0 Å². The molecule has 0 unspecified atom stereocenters. The summed E-state index contributed by atoms with van der Waals surface area (Å²) in [4.78, 5) is 34.0. The molecular weight excluding hydrogens is 484 g/mol. The van der Waals surface area contributed by atoms with E-state index >= 15 is 0 Å². The maximum Gasteiger partial charge on any atom is 0.267 e. The van der Waals surface area contributed by atoms with Gasteiger partial charge in [0.25, 0.3) is 11.8 Å². The van der Waals surface area contributed by atoms with Gasteiger partial charge in [-0.05, 0) is 41.8 Å². The monoisotopic (exact) mass is 507 g/mol. The molecule has 2 aliphatic heterocycles. The SMILES string of the molecule is O=C(c1cc2c(s1)CN(c1nccc(Nc3ccc(-c4cnc[nH]4)cc3)n1)CC2)N1CCC(F)(F)C1. The molecule has 0 aliphatic carbocycles. The maximum absolute atomic E-state index is 13.6. The molecule has 184 valence electrons. The average Bonchev–Trinajstić information content (AvgIpc) is 3.63. The Bertz CT molecular complexity index is 1390. The second kappa shape index (κ2) is 8.98. The van der Waals surface area contributed by atoms with E-state index in [1.165, 1.54) is 16.2 Å². The molecule has 11 heteroatoms. The van der Waals surface area contributed by atoms with E-state index in [0.717, 1.165) is 33.8 Å². The smallest absolute Gasteiger partial charge is 0.267 e. The quantitative estimate of drug-likeness (QED) is 0.407. The molecule has 0 bridgehead atoms. The number of H-pyrrole nitrogens is 1. The number of carbonyl (C=O) groups excluding carboxylic acids is 1. The molecule has 0 saturated carbocycles. The van der Waals surface area contributed by atoms with E-state index in [1.807, 2.05) is 36.4 Å². The van der Waals surface area contributed by atoms with Crippen molar-refractivity contribution < 1.29 is 13.6 Å². The van der Waals surface area contributed by atoms with Gasteiger partial charge in [0.05, 0.1) is 36.2 Å². The number of nitrogens with zero attached hydrogens (tertiary/aromatic N) is 5. The Hall–Kier alpha value is -3.86. The number of hydrogen-bond donors (Lipinski definition) is 2. The van der Waals surface area contributed by atoms with Crippen LogP contribution in [0.15, 0.2) is 55.1 Å². The van der Waals surface area contributed by atoms with Crippen molar-refractivity contribution in [3.8, 4) is 11.3 Å². The standard InChI is InChI=1S/C25H23F2N7OS/c26-25(27)7-10-34(14-25)23(35)20-11-17-6-9-33(13-21(17)36-20)24-29-8-5-22(32-24)31-18-3-1-16(2-4-18)19-12-28-15-30-19/h1-5,8,11-12,15H,6-7,9-10,13-14H2,(H,28,30)(H,29,31,32). The number of fused-ring (bicyclic) bond motifs is 1. The number of carbonyl (C=O) groups is 1. The minimum atomic E-state index is -2.79. The van der Waals surface area contributed by atoms with Crippen molar-refractivity contribution in [1.82, 2.24) is 24.8 Å². The van der Waals surface area contributed by atoms with Gasteiger partial charge in [-0.2, -0.15) is 4.98 Å². The van der Waals surface area contributed by atoms with Crippen molar-refractivity contribution in [2.24, 2.45) is 0 Å². The van der Waals surface area contributed by atoms with Crippen molar-refractivity contribution in [1.29, 1.82) is 0 Å². The Morgan fingerprint density at radius 1 is 1.17 bits per heavy atom. The number of alkyl halides is 2. The number of imidazole rings is 1. The van der Waals surface area contributed by atoms with Crippen molar-refractivity contribution in [3.63, 3.8) is 0 Å². The third-order valence-electron chi connectivity index (χ3n) is 6.44. The second-order valence-electron chi connectivity index (χ2n) is 8.97. The van der Waals surface area contributed by atoms with Gasteiger partial charge < -0.3 is 20.1 Å². The molecule has 1 aromatic carbocycles. The molecule has 1 fully saturated rings. The predicted octanol–water partition coefficient (Wildman–Crippen LogP) is 4.72. The number of anilines is 3. The Balaban J connectivity index is 1.14. The topological polar surface area (TPSA) is 90.0 Å². The number of amides is 1. The lowest BCUT2D eigenvalue weighted by Gasteiger charge is -2.27. The molecular formula is C25H23F2N7OS. The van der Waals surface area contributed by atoms with Crippen molar-refractivity contribution in [2.45, 2.75) is 25.3 Å². The third kappa shape index (κ3) is 4.53. The Kier molecular flexibility index (Phi) is 5.63. The second-order valence-corrected chi connectivity index (χ2v) is 10.1. The molecule has 2 N–H and O–H groups in total. The first-order chi connectivity index (χ1) is 17.4. The van der Waals surface area contributed by atoms with Crippen LogP contribution in [0.5, 0.6) is 0 Å². The summed E-state index contributed by atoms with van der Waals surface area (Å²) in [6, 6.07) is 11.6. The minimum absolute atomic E-state index is 0.0973. The van der Waals surface area contributed by atoms with Crippen LogP contribution in [0.1, 0.15) is 26.5 Å². The first-order valence-electron chi connectivity index (χ1n) is 11.7. The van der Waals surface area contributed by atoms with Crippen LogP contribution in [0.3, 0.4) is 0 Å². The van der Waals surface area contributed by atoms with Crippen molar-refractivity contribution >= 4 is 34.7 Å². The van der Waals surface area contributed by atoms with Gasteiger partial charge in [0, 0.05) is 36.3 Å². The molecule has 1 saturated heterocycles. The molecule has 5 heterocycles. The summed E-state index contributed by atoms with van der Waals surface area (Å²) in [7, 11) is 0. The molecule has 36 heavy (non-hydrogen) atoms. The Morgan fingerprint density at radius 3 is 2.78 bits per heavy atom. The summed E-state index contributed by atoms with van der Waals surface area (Å²) in [5, 5.41) is 3.32. The van der Waals surface area contributed by atoms with E-state index in [-0.39, 0.29) is 18.9 Å². The van der Waals surface area contributed by atoms with Gasteiger partial charge in [-0.15, -0.1) is 11.3 Å². The highest BCUT2D eigenvalue weighted by Crippen LogP contribution is 2.33. The van der Waals surface area contributed by atoms with Crippen LogP contribution in [0.25, 0.3) is 11.3 Å². The minimum Gasteiger partial charge on any atom is -0.345 e. The highest BCUT2D eigenvalue weighted by atomic mass is 32.1. The molecule has 0 radical (unpaired) electrons.